The Labute approximate surface area is 106 Å². The molecule has 0 fully saturated rings. The monoisotopic (exact) mass is 268 g/mol. The highest BCUT2D eigenvalue weighted by Gasteiger charge is 2.12. The average Bonchev–Trinajstić information content (AvgIpc) is 2.59. The van der Waals surface area contributed by atoms with Crippen molar-refractivity contribution in [1.29, 1.82) is 0 Å². The van der Waals surface area contributed by atoms with Crippen LogP contribution in [-0.2, 0) is 13.1 Å². The first-order valence-electron chi connectivity index (χ1n) is 4.93. The minimum Gasteiger partial charge on any atom is -0.285 e. The number of rotatable bonds is 4. The van der Waals surface area contributed by atoms with Gasteiger partial charge in [0, 0.05) is 0 Å². The summed E-state index contributed by atoms with van der Waals surface area (Å²) in [5, 5.41) is 3.06. The van der Waals surface area contributed by atoms with Crippen LogP contribution in [0.3, 0.4) is 0 Å². The molecule has 0 aliphatic rings. The van der Waals surface area contributed by atoms with Gasteiger partial charge in [-0.15, -0.1) is 0 Å². The Hall–Kier alpha value is -1.46. The summed E-state index contributed by atoms with van der Waals surface area (Å²) in [5.74, 6) is 0. The molecule has 0 amide bonds. The Kier molecular flexibility index (Phi) is 3.71. The first-order chi connectivity index (χ1) is 8.22. The highest BCUT2D eigenvalue weighted by molar-refractivity contribution is 7.09. The second kappa shape index (κ2) is 5.25. The van der Waals surface area contributed by atoms with Crippen LogP contribution in [0.5, 0.6) is 0 Å². The van der Waals surface area contributed by atoms with Gasteiger partial charge in [-0.2, -0.15) is 4.91 Å². The van der Waals surface area contributed by atoms with E-state index in [0.29, 0.717) is 16.6 Å². The zero-order valence-electron chi connectivity index (χ0n) is 8.80. The maximum absolute atomic E-state index is 11.7. The van der Waals surface area contributed by atoms with Crippen molar-refractivity contribution in [3.63, 3.8) is 0 Å². The summed E-state index contributed by atoms with van der Waals surface area (Å²) >= 11 is 7.00. The molecular weight excluding hydrogens is 260 g/mol. The molecule has 0 unspecified atom stereocenters. The Morgan fingerprint density at radius 1 is 1.29 bits per heavy atom. The summed E-state index contributed by atoms with van der Waals surface area (Å²) in [6, 6.07) is 9.53. The molecule has 2 rings (SSSR count). The normalized spacial score (nSPS) is 10.4. The minimum absolute atomic E-state index is 0.0550. The molecule has 0 saturated heterocycles. The number of aromatic nitrogens is 1. The van der Waals surface area contributed by atoms with Gasteiger partial charge in [-0.05, 0) is 5.56 Å². The molecule has 2 aromatic rings. The highest BCUT2D eigenvalue weighted by Crippen LogP contribution is 2.20. The van der Waals surface area contributed by atoms with Crippen molar-refractivity contribution in [2.75, 3.05) is 0 Å². The van der Waals surface area contributed by atoms with E-state index in [1.54, 1.807) is 0 Å². The van der Waals surface area contributed by atoms with Gasteiger partial charge in [-0.3, -0.25) is 9.36 Å². The molecule has 0 radical (unpaired) electrons. The van der Waals surface area contributed by atoms with E-state index in [0.717, 1.165) is 16.9 Å². The van der Waals surface area contributed by atoms with Crippen LogP contribution in [0.2, 0.25) is 5.15 Å². The second-order valence-electron chi connectivity index (χ2n) is 3.44. The summed E-state index contributed by atoms with van der Waals surface area (Å²) < 4.78 is 1.45. The van der Waals surface area contributed by atoms with E-state index < -0.39 is 0 Å². The number of halogens is 1. The molecular formula is C11H9ClN2O2S. The third-order valence-electron chi connectivity index (χ3n) is 2.29. The third kappa shape index (κ3) is 2.62. The van der Waals surface area contributed by atoms with Crippen LogP contribution in [-0.4, -0.2) is 4.57 Å². The fourth-order valence-electron chi connectivity index (χ4n) is 1.49. The third-order valence-corrected chi connectivity index (χ3v) is 3.80. The second-order valence-corrected chi connectivity index (χ2v) is 4.85. The quantitative estimate of drug-likeness (QED) is 0.801. The number of hydrogen-bond donors (Lipinski definition) is 0. The van der Waals surface area contributed by atoms with Crippen molar-refractivity contribution in [3.8, 4) is 0 Å². The standard InChI is InChI=1S/C11H9ClN2O2S/c12-10-9(6-13-16)17-11(15)14(10)7-8-4-2-1-3-5-8/h1-5H,6-7H2. The number of nitroso groups, excluding NO2 is 1. The van der Waals surface area contributed by atoms with E-state index in [1.807, 2.05) is 30.3 Å². The maximum Gasteiger partial charge on any atom is 0.308 e. The molecule has 0 atom stereocenters. The van der Waals surface area contributed by atoms with E-state index >= 15 is 0 Å². The molecule has 0 spiro atoms. The summed E-state index contributed by atoms with van der Waals surface area (Å²) in [7, 11) is 0. The number of hydrogen-bond acceptors (Lipinski definition) is 4. The molecule has 1 aromatic heterocycles. The summed E-state index contributed by atoms with van der Waals surface area (Å²) in [6.45, 7) is 0.356. The van der Waals surface area contributed by atoms with E-state index in [-0.39, 0.29) is 11.4 Å². The maximum atomic E-state index is 11.7. The molecule has 88 valence electrons. The number of benzene rings is 1. The average molecular weight is 269 g/mol. The topological polar surface area (TPSA) is 51.4 Å². The van der Waals surface area contributed by atoms with Gasteiger partial charge in [0.05, 0.1) is 11.4 Å². The number of nitrogens with zero attached hydrogens (tertiary/aromatic N) is 2. The van der Waals surface area contributed by atoms with Gasteiger partial charge in [-0.25, -0.2) is 0 Å². The van der Waals surface area contributed by atoms with Gasteiger partial charge < -0.3 is 0 Å². The highest BCUT2D eigenvalue weighted by atomic mass is 35.5. The van der Waals surface area contributed by atoms with Crippen molar-refractivity contribution < 1.29 is 0 Å². The van der Waals surface area contributed by atoms with E-state index in [1.165, 1.54) is 4.57 Å². The van der Waals surface area contributed by atoms with Crippen LogP contribution in [0.25, 0.3) is 0 Å². The summed E-state index contributed by atoms with van der Waals surface area (Å²) in [4.78, 5) is 22.2. The molecule has 0 aliphatic carbocycles. The van der Waals surface area contributed by atoms with Crippen molar-refractivity contribution in [3.05, 3.63) is 60.5 Å². The molecule has 1 heterocycles. The van der Waals surface area contributed by atoms with Gasteiger partial charge in [0.25, 0.3) is 0 Å². The van der Waals surface area contributed by atoms with E-state index in [9.17, 15) is 9.70 Å². The molecule has 17 heavy (non-hydrogen) atoms. The molecule has 0 saturated carbocycles. The predicted octanol–water partition coefficient (Wildman–Crippen LogP) is 2.88. The first kappa shape index (κ1) is 12.0. The molecule has 1 aromatic carbocycles. The summed E-state index contributed by atoms with van der Waals surface area (Å²) in [5.41, 5.74) is 0.986. The Morgan fingerprint density at radius 3 is 2.65 bits per heavy atom. The van der Waals surface area contributed by atoms with Crippen LogP contribution in [0, 0.1) is 4.91 Å². The van der Waals surface area contributed by atoms with Crippen LogP contribution < -0.4 is 4.87 Å². The van der Waals surface area contributed by atoms with Gasteiger partial charge in [0.1, 0.15) is 11.7 Å². The predicted molar refractivity (Wildman–Crippen MR) is 68.6 cm³/mol. The van der Waals surface area contributed by atoms with Crippen molar-refractivity contribution in [2.24, 2.45) is 5.18 Å². The smallest absolute Gasteiger partial charge is 0.285 e. The zero-order chi connectivity index (χ0) is 12.3. The molecule has 4 nitrogen and oxygen atoms in total. The molecule has 0 N–H and O–H groups in total. The Balaban J connectivity index is 2.33. The molecule has 0 aliphatic heterocycles. The van der Waals surface area contributed by atoms with Crippen molar-refractivity contribution in [2.45, 2.75) is 13.1 Å². The Bertz CT molecular complexity index is 577. The lowest BCUT2D eigenvalue weighted by Crippen LogP contribution is -2.13. The van der Waals surface area contributed by atoms with Crippen LogP contribution in [0.4, 0.5) is 0 Å². The minimum atomic E-state index is -0.169. The van der Waals surface area contributed by atoms with E-state index in [2.05, 4.69) is 5.18 Å². The molecule has 6 heteroatoms. The fraction of sp³-hybridized carbons (Fsp3) is 0.182. The van der Waals surface area contributed by atoms with Gasteiger partial charge in [-0.1, -0.05) is 58.4 Å². The molecule has 0 bridgehead atoms. The first-order valence-corrected chi connectivity index (χ1v) is 6.13. The van der Waals surface area contributed by atoms with Gasteiger partial charge in [0.2, 0.25) is 0 Å². The fourth-order valence-corrected chi connectivity index (χ4v) is 2.64. The lowest BCUT2D eigenvalue weighted by molar-refractivity contribution is 0.779. The van der Waals surface area contributed by atoms with Crippen molar-refractivity contribution in [1.82, 2.24) is 4.57 Å². The number of thiazole rings is 1. The Morgan fingerprint density at radius 2 is 2.00 bits per heavy atom. The van der Waals surface area contributed by atoms with Gasteiger partial charge >= 0.3 is 4.87 Å². The zero-order valence-corrected chi connectivity index (χ0v) is 10.4. The van der Waals surface area contributed by atoms with Crippen LogP contribution in [0.1, 0.15) is 10.4 Å². The lowest BCUT2D eigenvalue weighted by atomic mass is 10.2. The van der Waals surface area contributed by atoms with Crippen molar-refractivity contribution >= 4 is 22.9 Å². The van der Waals surface area contributed by atoms with Crippen LogP contribution >= 0.6 is 22.9 Å². The largest absolute Gasteiger partial charge is 0.308 e. The van der Waals surface area contributed by atoms with Crippen LogP contribution in [0.15, 0.2) is 40.3 Å². The van der Waals surface area contributed by atoms with Gasteiger partial charge in [0.15, 0.2) is 0 Å². The lowest BCUT2D eigenvalue weighted by Gasteiger charge is -2.03. The summed E-state index contributed by atoms with van der Waals surface area (Å²) in [6.07, 6.45) is 0. The SMILES string of the molecule is O=NCc1sc(=O)n(Cc2ccccc2)c1Cl. The van der Waals surface area contributed by atoms with E-state index in [4.69, 9.17) is 11.6 Å².